The number of rotatable bonds is 23. The molecule has 0 unspecified atom stereocenters. The van der Waals surface area contributed by atoms with Crippen LogP contribution in [0.25, 0.3) is 34.0 Å². The fourth-order valence-corrected chi connectivity index (χ4v) is 10.2. The lowest BCUT2D eigenvalue weighted by atomic mass is 9.79. The summed E-state index contributed by atoms with van der Waals surface area (Å²) in [6.07, 6.45) is -2.55. The van der Waals surface area contributed by atoms with Gasteiger partial charge >= 0.3 is 30.4 Å². The van der Waals surface area contributed by atoms with Crippen LogP contribution in [0.4, 0.5) is 31.1 Å². The van der Waals surface area contributed by atoms with Crippen LogP contribution in [-0.4, -0.2) is 139 Å². The Hall–Kier alpha value is -8.08. The molecule has 2 fully saturated rings. The molecule has 0 spiro atoms. The zero-order valence-electron chi connectivity index (χ0n) is 56.0. The van der Waals surface area contributed by atoms with E-state index in [2.05, 4.69) is 31.5 Å². The number of carboxylic acids is 2. The van der Waals surface area contributed by atoms with Gasteiger partial charge in [-0.3, -0.25) is 58.3 Å². The monoisotopic (exact) mass is 1370 g/mol. The number of aliphatic carboxylic acids is 2. The first-order valence-corrected chi connectivity index (χ1v) is 31.3. The second kappa shape index (κ2) is 33.2. The predicted molar refractivity (Wildman–Crippen MR) is 350 cm³/mol. The van der Waals surface area contributed by atoms with E-state index in [9.17, 15) is 79.7 Å². The fourth-order valence-electron chi connectivity index (χ4n) is 10.2. The smallest absolute Gasteiger partial charge is 0.414 e. The van der Waals surface area contributed by atoms with Crippen molar-refractivity contribution in [1.29, 1.82) is 0 Å². The summed E-state index contributed by atoms with van der Waals surface area (Å²) in [6, 6.07) is 7.13. The van der Waals surface area contributed by atoms with Gasteiger partial charge in [-0.15, -0.1) is 12.4 Å². The average molecular weight is 1380 g/mol. The number of hydrazine groups is 2. The third-order valence-corrected chi connectivity index (χ3v) is 16.3. The lowest BCUT2D eigenvalue weighted by molar-refractivity contribution is -0.157. The highest BCUT2D eigenvalue weighted by Crippen LogP contribution is 2.35. The Kier molecular flexibility index (Phi) is 27.8. The van der Waals surface area contributed by atoms with E-state index in [1.807, 2.05) is 5.32 Å². The molecule has 29 heteroatoms. The van der Waals surface area contributed by atoms with Crippen molar-refractivity contribution in [3.05, 3.63) is 95.3 Å². The van der Waals surface area contributed by atoms with E-state index in [4.69, 9.17) is 10.5 Å². The quantitative estimate of drug-likeness (QED) is 0.0320. The summed E-state index contributed by atoms with van der Waals surface area (Å²) >= 11 is 0. The second-order valence-electron chi connectivity index (χ2n) is 26.8. The van der Waals surface area contributed by atoms with Crippen LogP contribution in [0.5, 0.6) is 0 Å². The Morgan fingerprint density at radius 1 is 0.594 bits per heavy atom. The molecule has 2 saturated heterocycles. The minimum absolute atomic E-state index is 0. The number of nitrogens with one attached hydrogen (secondary N) is 5. The summed E-state index contributed by atoms with van der Waals surface area (Å²) in [6.45, 7) is 22.2. The Labute approximate surface area is 560 Å². The molecule has 5 amide bonds. The maximum Gasteiger partial charge on any atom is 0.414 e. The second-order valence-corrected chi connectivity index (χ2v) is 26.8. The number of ketones is 2. The standard InChI is InChI=1S/C36H48F3N5O7.C31H40F3N5O5.ClH/c1-20(2)24(30(46)40-21(3)31(47)44-17-9-10-26(43-44)32(48)49)19-28(45)35(7,8)16-15-22-11-12-23-13-14-25(41-27(23)18-22)29(36(37,38)39)42-33(50)51-34(4,5)6;1-17(2)21(27(41)36-18(3)28(42)39-14-6-7-23(38-39)29(43)44)16-25(40)30(4,5)13-12-19-8-9-20-10-11-22(37-24(20)15-19)26(35)31(32,33)34;/h11-16,18,20-21,24,26,29,43H,9-10,17,19H2,1-8H3,(H,40,46)(H,42,50)(H,48,49);8-13,15,17-18,21,23,26,38H,6-7,14,16,35H2,1-5H3,(H,36,41)(H,43,44);1H/b16-15+;13-12+;/t21-,24-,26-,29-;18-,21-,23-,26-;/m00./s1. The van der Waals surface area contributed by atoms with Gasteiger partial charge in [-0.25, -0.2) is 15.6 Å². The molecule has 2 aliphatic rings. The number of alkyl carbamates (subject to hydrolysis) is 1. The van der Waals surface area contributed by atoms with Crippen LogP contribution in [-0.2, 0) is 43.1 Å². The van der Waals surface area contributed by atoms with Crippen molar-refractivity contribution in [2.24, 2.45) is 40.2 Å². The zero-order chi connectivity index (χ0) is 71.5. The van der Waals surface area contributed by atoms with E-state index in [0.717, 1.165) is 0 Å². The number of carbonyl (C=O) groups is 9. The SMILES string of the molecule is CC(C)[C@H](CC(=O)C(C)(C)/C=C/c1ccc2ccc([C@H](N)C(F)(F)F)nc2c1)C(=O)N[C@@H](C)C(=O)N1CCC[C@@H](C(=O)O)N1.CC(C)[C@H](CC(=O)C(C)(C)/C=C/c1ccc2ccc([C@H](NC(=O)OC(C)(C)C)C(F)(F)F)nc2c1)C(=O)N[C@@H](C)C(=O)N1CCC[C@@H](C(=O)O)N1.Cl. The maximum atomic E-state index is 14.0. The minimum atomic E-state index is -4.85. The van der Waals surface area contributed by atoms with Gasteiger partial charge in [0.25, 0.3) is 11.8 Å². The van der Waals surface area contributed by atoms with Crippen molar-refractivity contribution >= 4 is 99.6 Å². The van der Waals surface area contributed by atoms with Gasteiger partial charge < -0.3 is 36.6 Å². The molecule has 2 aromatic carbocycles. The molecule has 22 nitrogen and oxygen atoms in total. The fraction of sp³-hybridized carbons (Fsp3) is 0.537. The molecule has 96 heavy (non-hydrogen) atoms. The van der Waals surface area contributed by atoms with Gasteiger partial charge in [0.05, 0.1) is 22.4 Å². The number of nitrogens with zero attached hydrogens (tertiary/aromatic N) is 4. The van der Waals surface area contributed by atoms with Gasteiger partial charge in [0.2, 0.25) is 11.8 Å². The van der Waals surface area contributed by atoms with Crippen molar-refractivity contribution in [1.82, 2.24) is 46.8 Å². The van der Waals surface area contributed by atoms with Crippen molar-refractivity contribution in [2.45, 2.75) is 183 Å². The van der Waals surface area contributed by atoms with Crippen LogP contribution in [0, 0.1) is 34.5 Å². The zero-order valence-corrected chi connectivity index (χ0v) is 56.8. The number of allylic oxidation sites excluding steroid dienone is 2. The van der Waals surface area contributed by atoms with Crippen LogP contribution in [0.15, 0.2) is 72.8 Å². The first-order chi connectivity index (χ1) is 43.9. The number of Topliss-reactive ketones (excluding diaryl/α,β-unsaturated/α-hetero) is 2. The molecule has 4 aromatic rings. The normalized spacial score (nSPS) is 17.7. The minimum Gasteiger partial charge on any atom is -0.480 e. The number of hydrogen-bond donors (Lipinski definition) is 8. The van der Waals surface area contributed by atoms with Crippen LogP contribution in [0.3, 0.4) is 0 Å². The number of fused-ring (bicyclic) bond motifs is 2. The van der Waals surface area contributed by atoms with Crippen LogP contribution in [0.1, 0.15) is 163 Å². The van der Waals surface area contributed by atoms with Gasteiger partial charge in [0.15, 0.2) is 6.04 Å². The number of halogens is 7. The Balaban J connectivity index is 0.000000408. The Bertz CT molecular complexity index is 3540. The summed E-state index contributed by atoms with van der Waals surface area (Å²) in [7, 11) is 0. The number of benzene rings is 2. The van der Waals surface area contributed by atoms with Gasteiger partial charge in [0, 0.05) is 59.4 Å². The number of nitrogens with two attached hydrogens (primary N) is 1. The number of hydrogen-bond acceptors (Lipinski definition) is 15. The van der Waals surface area contributed by atoms with Gasteiger partial charge in [0.1, 0.15) is 47.4 Å². The summed E-state index contributed by atoms with van der Waals surface area (Å²) in [5, 5.41) is 29.4. The van der Waals surface area contributed by atoms with Crippen LogP contribution in [0.2, 0.25) is 0 Å². The lowest BCUT2D eigenvalue weighted by Crippen LogP contribution is -2.59. The molecule has 0 aliphatic carbocycles. The van der Waals surface area contributed by atoms with Crippen LogP contribution >= 0.6 is 12.4 Å². The number of carboxylic acid groups (broad SMARTS) is 2. The summed E-state index contributed by atoms with van der Waals surface area (Å²) < 4.78 is 86.2. The number of carbonyl (C=O) groups excluding carboxylic acids is 7. The molecular formula is C67H89ClF6N10O12. The predicted octanol–water partition coefficient (Wildman–Crippen LogP) is 10.3. The molecule has 528 valence electrons. The first-order valence-electron chi connectivity index (χ1n) is 31.3. The number of aromatic nitrogens is 2. The van der Waals surface area contributed by atoms with E-state index in [-0.39, 0.29) is 59.9 Å². The summed E-state index contributed by atoms with van der Waals surface area (Å²) in [4.78, 5) is 122. The third-order valence-electron chi connectivity index (χ3n) is 16.3. The molecule has 0 radical (unpaired) electrons. The highest BCUT2D eigenvalue weighted by molar-refractivity contribution is 5.95. The molecule has 6 rings (SSSR count). The topological polar surface area (TPSA) is 322 Å². The van der Waals surface area contributed by atoms with E-state index in [1.54, 1.807) is 116 Å². The molecule has 4 heterocycles. The van der Waals surface area contributed by atoms with Gasteiger partial charge in [-0.1, -0.05) is 88.4 Å². The van der Waals surface area contributed by atoms with E-state index >= 15 is 0 Å². The largest absolute Gasteiger partial charge is 0.480 e. The number of ether oxygens (including phenoxy) is 1. The molecule has 0 bridgehead atoms. The van der Waals surface area contributed by atoms with Crippen molar-refractivity contribution in [2.75, 3.05) is 13.1 Å². The molecule has 0 saturated carbocycles. The van der Waals surface area contributed by atoms with Gasteiger partial charge in [-0.05, 0) is 135 Å². The van der Waals surface area contributed by atoms with Crippen molar-refractivity contribution in [3.63, 3.8) is 0 Å². The Morgan fingerprint density at radius 3 is 1.32 bits per heavy atom. The maximum absolute atomic E-state index is 14.0. The first kappa shape index (κ1) is 80.4. The third kappa shape index (κ3) is 22.8. The van der Waals surface area contributed by atoms with Crippen molar-refractivity contribution in [3.8, 4) is 0 Å². The highest BCUT2D eigenvalue weighted by Gasteiger charge is 2.45. The van der Waals surface area contributed by atoms with E-state index in [0.29, 0.717) is 66.2 Å². The summed E-state index contributed by atoms with van der Waals surface area (Å²) in [5.41, 5.74) is 8.62. The van der Waals surface area contributed by atoms with Crippen LogP contribution < -0.4 is 32.5 Å². The molecule has 9 N–H and O–H groups in total. The molecule has 2 aromatic heterocycles. The average Bonchev–Trinajstić information content (AvgIpc) is 0.812. The molecule has 2 aliphatic heterocycles. The number of alkyl halides is 6. The van der Waals surface area contributed by atoms with Crippen molar-refractivity contribution < 1.29 is 84.4 Å². The van der Waals surface area contributed by atoms with Gasteiger partial charge in [-0.2, -0.15) is 26.3 Å². The number of amides is 5. The summed E-state index contributed by atoms with van der Waals surface area (Å²) in [5.74, 6) is -6.50. The Morgan fingerprint density at radius 2 is 0.969 bits per heavy atom. The van der Waals surface area contributed by atoms with E-state index in [1.165, 1.54) is 68.9 Å². The highest BCUT2D eigenvalue weighted by atomic mass is 35.5. The number of pyridine rings is 2. The lowest BCUT2D eigenvalue weighted by Gasteiger charge is -2.34. The molecule has 8 atom stereocenters. The molecular weight excluding hydrogens is 1290 g/mol. The van der Waals surface area contributed by atoms with E-state index < -0.39 is 124 Å².